The molecule has 2 aliphatic carbocycles. The number of fused-ring (bicyclic) bond motifs is 1. The lowest BCUT2D eigenvalue weighted by molar-refractivity contribution is -0.140. The van der Waals surface area contributed by atoms with Crippen LogP contribution in [0.3, 0.4) is 0 Å². The number of carboxylic acids is 1. The van der Waals surface area contributed by atoms with Crippen LogP contribution in [0.5, 0.6) is 5.75 Å². The van der Waals surface area contributed by atoms with Crippen LogP contribution < -0.4 is 15.4 Å². The zero-order chi connectivity index (χ0) is 37.4. The number of carboxylic acid groups (broad SMARTS) is 1. The van der Waals surface area contributed by atoms with Crippen molar-refractivity contribution in [2.45, 2.75) is 68.3 Å². The minimum Gasteiger partial charge on any atom is -0.493 e. The van der Waals surface area contributed by atoms with Crippen LogP contribution in [0.4, 0.5) is 10.2 Å². The van der Waals surface area contributed by atoms with Crippen molar-refractivity contribution in [3.8, 4) is 5.75 Å². The van der Waals surface area contributed by atoms with Crippen molar-refractivity contribution in [1.29, 1.82) is 0 Å². The molecule has 7 rings (SSSR count). The van der Waals surface area contributed by atoms with E-state index in [0.717, 1.165) is 35.1 Å². The summed E-state index contributed by atoms with van der Waals surface area (Å²) < 4.78 is 22.0. The van der Waals surface area contributed by atoms with E-state index in [1.165, 1.54) is 0 Å². The van der Waals surface area contributed by atoms with Gasteiger partial charge in [-0.25, -0.2) is 9.37 Å². The smallest absolute Gasteiger partial charge is 0.323 e. The van der Waals surface area contributed by atoms with Crippen LogP contribution in [-0.4, -0.2) is 72.8 Å². The number of alkyl halides is 1. The molecule has 1 saturated carbocycles. The molecule has 1 saturated heterocycles. The maximum Gasteiger partial charge on any atom is 0.323 e. The fourth-order valence-corrected chi connectivity index (χ4v) is 7.80. The molecule has 2 aromatic carbocycles. The van der Waals surface area contributed by atoms with Gasteiger partial charge >= 0.3 is 5.97 Å². The number of β-amino-alcohol motifs (C(OH)–C–C–N with tert-alkyl or cyclic N) is 1. The van der Waals surface area contributed by atoms with Gasteiger partial charge in [-0.3, -0.25) is 20.0 Å². The maximum absolute atomic E-state index is 16.1. The summed E-state index contributed by atoms with van der Waals surface area (Å²) in [5.41, 5.74) is 1.77. The van der Waals surface area contributed by atoms with Crippen LogP contribution in [0.1, 0.15) is 55.4 Å². The van der Waals surface area contributed by atoms with Gasteiger partial charge in [0.15, 0.2) is 11.6 Å². The molecule has 0 amide bonds. The Hall–Kier alpha value is -4.32. The summed E-state index contributed by atoms with van der Waals surface area (Å²) >= 11 is 14.4. The first-order valence-electron chi connectivity index (χ1n) is 17.8. The molecule has 12 heteroatoms. The Morgan fingerprint density at radius 1 is 1.19 bits per heavy atom. The van der Waals surface area contributed by atoms with E-state index in [4.69, 9.17) is 37.9 Å². The average molecular weight is 759 g/mol. The van der Waals surface area contributed by atoms with Gasteiger partial charge in [-0.2, -0.15) is 0 Å². The van der Waals surface area contributed by atoms with Crippen LogP contribution in [0, 0.1) is 5.82 Å². The number of hydrogen-bond acceptors (Lipinski definition) is 8. The fraction of sp³-hybridized carbons (Fsp3) is 0.341. The number of aliphatic hydroxyl groups is 1. The van der Waals surface area contributed by atoms with Crippen molar-refractivity contribution in [2.24, 2.45) is 0 Å². The fourth-order valence-electron chi connectivity index (χ4n) is 7.22. The highest BCUT2D eigenvalue weighted by atomic mass is 35.5. The molecule has 1 aliphatic heterocycles. The minimum absolute atomic E-state index is 0.0577. The Labute approximate surface area is 318 Å². The minimum atomic E-state index is -1.15. The quantitative estimate of drug-likeness (QED) is 0.102. The molecule has 3 atom stereocenters. The second-order valence-electron chi connectivity index (χ2n) is 14.1. The summed E-state index contributed by atoms with van der Waals surface area (Å²) in [4.78, 5) is 22.5. The Bertz CT molecular complexity index is 2120. The predicted octanol–water partition coefficient (Wildman–Crippen LogP) is 7.61. The number of aromatic nitrogens is 2. The topological polar surface area (TPSA) is 120 Å². The summed E-state index contributed by atoms with van der Waals surface area (Å²) in [7, 11) is 0. The lowest BCUT2D eigenvalue weighted by Crippen LogP contribution is -2.53. The van der Waals surface area contributed by atoms with Gasteiger partial charge in [0.2, 0.25) is 0 Å². The zero-order valence-corrected chi connectivity index (χ0v) is 31.1. The number of ether oxygens (including phenoxy) is 1. The monoisotopic (exact) mass is 757 g/mol. The number of rotatable bonds is 13. The lowest BCUT2D eigenvalue weighted by atomic mass is 9.73. The number of nitrogens with zero attached hydrogens (tertiary/aromatic N) is 3. The first-order valence-corrected chi connectivity index (χ1v) is 18.6. The van der Waals surface area contributed by atoms with E-state index in [2.05, 4.69) is 21.6 Å². The van der Waals surface area contributed by atoms with Gasteiger partial charge in [-0.05, 0) is 73.6 Å². The molecule has 276 valence electrons. The molecule has 3 heterocycles. The predicted molar refractivity (Wildman–Crippen MR) is 208 cm³/mol. The van der Waals surface area contributed by atoms with Gasteiger partial charge in [0, 0.05) is 49.5 Å². The number of pyridine rings is 2. The van der Waals surface area contributed by atoms with Crippen LogP contribution in [0.25, 0.3) is 22.6 Å². The summed E-state index contributed by atoms with van der Waals surface area (Å²) in [6, 6.07) is 15.5. The lowest BCUT2D eigenvalue weighted by Gasteiger charge is -2.45. The highest BCUT2D eigenvalue weighted by Gasteiger charge is 2.50. The number of halogens is 3. The van der Waals surface area contributed by atoms with Crippen molar-refractivity contribution in [3.05, 3.63) is 118 Å². The highest BCUT2D eigenvalue weighted by Crippen LogP contribution is 2.48. The number of aliphatic carboxylic acids is 1. The van der Waals surface area contributed by atoms with Gasteiger partial charge < -0.3 is 20.3 Å². The molecule has 53 heavy (non-hydrogen) atoms. The molecule has 2 fully saturated rings. The summed E-state index contributed by atoms with van der Waals surface area (Å²) in [6.45, 7) is 6.08. The third kappa shape index (κ3) is 7.31. The van der Waals surface area contributed by atoms with E-state index in [0.29, 0.717) is 42.8 Å². The number of hydrogen-bond donors (Lipinski definition) is 4. The first kappa shape index (κ1) is 37.0. The number of aliphatic hydroxyl groups excluding tert-OH is 1. The third-order valence-corrected chi connectivity index (χ3v) is 11.4. The van der Waals surface area contributed by atoms with Crippen LogP contribution in [0.2, 0.25) is 5.02 Å². The number of nitrogens with one attached hydrogen (secondary N) is 2. The van der Waals surface area contributed by atoms with Gasteiger partial charge in [0.1, 0.15) is 16.8 Å². The van der Waals surface area contributed by atoms with E-state index in [1.54, 1.807) is 25.3 Å². The molecule has 0 spiro atoms. The number of carbonyl (C=O) groups is 1. The molecular weight excluding hydrogens is 716 g/mol. The molecule has 0 radical (unpaired) electrons. The number of anilines is 1. The second kappa shape index (κ2) is 14.8. The summed E-state index contributed by atoms with van der Waals surface area (Å²) in [5.74, 6) is -0.888. The van der Waals surface area contributed by atoms with Crippen molar-refractivity contribution in [2.75, 3.05) is 25.0 Å². The summed E-state index contributed by atoms with van der Waals surface area (Å²) in [6.07, 6.45) is 14.4. The molecule has 4 aromatic rings. The Kier molecular flexibility index (Phi) is 10.4. The number of likely N-dealkylation sites (tertiary alicyclic amines) is 1. The Morgan fingerprint density at radius 2 is 1.98 bits per heavy atom. The van der Waals surface area contributed by atoms with Crippen LogP contribution in [0.15, 0.2) is 85.2 Å². The largest absolute Gasteiger partial charge is 0.493 e. The third-order valence-electron chi connectivity index (χ3n) is 10.5. The van der Waals surface area contributed by atoms with Crippen LogP contribution >= 0.6 is 23.2 Å². The van der Waals surface area contributed by atoms with E-state index < -0.39 is 27.7 Å². The number of benzene rings is 2. The van der Waals surface area contributed by atoms with Crippen molar-refractivity contribution >= 4 is 57.5 Å². The molecular formula is C41H42Cl2FN5O4. The van der Waals surface area contributed by atoms with Gasteiger partial charge in [-0.15, -0.1) is 11.6 Å². The molecule has 0 bridgehead atoms. The molecule has 3 aliphatic rings. The summed E-state index contributed by atoms with van der Waals surface area (Å²) in [5, 5.41) is 27.0. The van der Waals surface area contributed by atoms with Gasteiger partial charge in [-0.1, -0.05) is 72.3 Å². The zero-order valence-electron chi connectivity index (χ0n) is 29.6. The van der Waals surface area contributed by atoms with Crippen molar-refractivity contribution in [3.63, 3.8) is 0 Å². The van der Waals surface area contributed by atoms with Crippen molar-refractivity contribution in [1.82, 2.24) is 20.2 Å². The normalized spacial score (nSPS) is 23.7. The highest BCUT2D eigenvalue weighted by molar-refractivity contribution is 6.33. The van der Waals surface area contributed by atoms with E-state index in [9.17, 15) is 15.0 Å². The Balaban J connectivity index is 1.28. The molecule has 3 unspecified atom stereocenters. The second-order valence-corrected chi connectivity index (χ2v) is 15.3. The van der Waals surface area contributed by atoms with E-state index >= 15 is 4.39 Å². The van der Waals surface area contributed by atoms with Gasteiger partial charge in [0.25, 0.3) is 0 Å². The molecule has 4 N–H and O–H groups in total. The Morgan fingerprint density at radius 3 is 2.68 bits per heavy atom. The van der Waals surface area contributed by atoms with E-state index in [-0.39, 0.29) is 35.6 Å². The van der Waals surface area contributed by atoms with Crippen molar-refractivity contribution < 1.29 is 24.1 Å². The molecule has 2 aromatic heterocycles. The SMILES string of the molecule is CCOc1cc(/C=C/C2(Nc3nccc4cc(CN5CCC(O)C5)cnc34)C=CC=C(c3ccccc3)C2(C)Cl)c(Cl)c(F)c1CNC1(C(=O)O)CC1. The first-order chi connectivity index (χ1) is 25.4. The standard InChI is InChI=1S/C41H42Cl2FN5O4/c1-3-53-33-21-28(34(42)35(44)31(33)23-47-40(16-17-40)38(51)52)11-15-41(14-7-10-32(39(41,2)43)27-8-5-4-6-9-27)48-37-36-29(12-18-45-37)20-26(22-46-36)24-49-19-13-30(50)25-49/h4-12,14-15,18,20-22,30,47,50H,3,13,16-17,19,23-25H2,1-2H3,(H,45,48)(H,51,52)/b15-11+. The average Bonchev–Trinajstić information content (AvgIpc) is 3.84. The maximum atomic E-state index is 16.1. The van der Waals surface area contributed by atoms with Gasteiger partial charge in [0.05, 0.1) is 28.1 Å². The van der Waals surface area contributed by atoms with E-state index in [1.807, 2.05) is 73.8 Å². The van der Waals surface area contributed by atoms with Crippen LogP contribution in [-0.2, 0) is 17.9 Å². The molecule has 9 nitrogen and oxygen atoms in total. The number of allylic oxidation sites excluding steroid dienone is 2.